The molecule has 2 aliphatic rings. The van der Waals surface area contributed by atoms with Crippen molar-refractivity contribution in [1.82, 2.24) is 14.5 Å². The van der Waals surface area contributed by atoms with Crippen LogP contribution in [0.25, 0.3) is 0 Å². The summed E-state index contributed by atoms with van der Waals surface area (Å²) in [6.07, 6.45) is 0.747. The molecule has 1 atom stereocenters. The lowest BCUT2D eigenvalue weighted by atomic mass is 10.2. The average Bonchev–Trinajstić information content (AvgIpc) is 3.06. The van der Waals surface area contributed by atoms with Crippen LogP contribution in [0.3, 0.4) is 0 Å². The summed E-state index contributed by atoms with van der Waals surface area (Å²) in [5.74, 6) is -0.307. The van der Waals surface area contributed by atoms with Crippen LogP contribution in [-0.2, 0) is 10.0 Å². The van der Waals surface area contributed by atoms with E-state index in [-0.39, 0.29) is 29.1 Å². The van der Waals surface area contributed by atoms with Crippen molar-refractivity contribution in [1.29, 1.82) is 0 Å². The number of ether oxygens (including phenoxy) is 1. The summed E-state index contributed by atoms with van der Waals surface area (Å²) in [6.45, 7) is 1.29. The highest BCUT2D eigenvalue weighted by atomic mass is 35.5. The van der Waals surface area contributed by atoms with Gasteiger partial charge >= 0.3 is 6.61 Å². The van der Waals surface area contributed by atoms with E-state index in [2.05, 4.69) is 15.0 Å². The highest BCUT2D eigenvalue weighted by molar-refractivity contribution is 7.89. The normalized spacial score (nSPS) is 22.8. The minimum absolute atomic E-state index is 0. The molecule has 2 aliphatic heterocycles. The second kappa shape index (κ2) is 8.59. The van der Waals surface area contributed by atoms with E-state index in [1.165, 1.54) is 28.6 Å². The summed E-state index contributed by atoms with van der Waals surface area (Å²) in [7, 11) is -3.85. The van der Waals surface area contributed by atoms with Crippen LogP contribution in [0, 0.1) is 0 Å². The Morgan fingerprint density at radius 3 is 2.52 bits per heavy atom. The van der Waals surface area contributed by atoms with E-state index in [1.54, 1.807) is 0 Å². The molecular weight excluding hydrogens is 376 g/mol. The molecule has 6 nitrogen and oxygen atoms in total. The van der Waals surface area contributed by atoms with Gasteiger partial charge in [0.05, 0.1) is 0 Å². The second-order valence-electron chi connectivity index (χ2n) is 5.92. The van der Waals surface area contributed by atoms with Gasteiger partial charge in [-0.05, 0) is 18.6 Å². The molecule has 0 aromatic heterocycles. The molecule has 3 rings (SSSR count). The molecule has 142 valence electrons. The molecule has 0 bridgehead atoms. The van der Waals surface area contributed by atoms with E-state index >= 15 is 0 Å². The van der Waals surface area contributed by atoms with Gasteiger partial charge in [0.15, 0.2) is 0 Å². The smallest absolute Gasteiger partial charge is 0.387 e. The van der Waals surface area contributed by atoms with Gasteiger partial charge in [0.25, 0.3) is 0 Å². The van der Waals surface area contributed by atoms with Crippen LogP contribution in [0.5, 0.6) is 5.75 Å². The van der Waals surface area contributed by atoms with E-state index in [9.17, 15) is 17.2 Å². The molecule has 1 aromatic carbocycles. The molecule has 1 aromatic rings. The maximum absolute atomic E-state index is 12.8. The van der Waals surface area contributed by atoms with E-state index < -0.39 is 16.6 Å². The predicted octanol–water partition coefficient (Wildman–Crippen LogP) is 1.38. The SMILES string of the molecule is Cl.O=S(=O)(c1ccccc1OC(F)F)N1CCC(N2CCNCC2)C1. The number of para-hydroxylation sites is 1. The summed E-state index contributed by atoms with van der Waals surface area (Å²) < 4.78 is 56.5. The number of nitrogens with zero attached hydrogens (tertiary/aromatic N) is 2. The molecule has 2 heterocycles. The van der Waals surface area contributed by atoms with E-state index in [4.69, 9.17) is 0 Å². The van der Waals surface area contributed by atoms with Crippen molar-refractivity contribution in [3.05, 3.63) is 24.3 Å². The molecular formula is C15H22ClF2N3O3S. The summed E-state index contributed by atoms with van der Waals surface area (Å²) in [5.41, 5.74) is 0. The first-order valence-electron chi connectivity index (χ1n) is 7.97. The molecule has 2 saturated heterocycles. The lowest BCUT2D eigenvalue weighted by Gasteiger charge is -2.32. The molecule has 10 heteroatoms. The minimum atomic E-state index is -3.85. The molecule has 0 saturated carbocycles. The van der Waals surface area contributed by atoms with Gasteiger partial charge in [-0.2, -0.15) is 13.1 Å². The lowest BCUT2D eigenvalue weighted by Crippen LogP contribution is -2.49. The summed E-state index contributed by atoms with van der Waals surface area (Å²) in [6, 6.07) is 5.72. The third-order valence-electron chi connectivity index (χ3n) is 4.48. The first-order valence-corrected chi connectivity index (χ1v) is 9.41. The molecule has 0 spiro atoms. The van der Waals surface area contributed by atoms with Gasteiger partial charge in [-0.15, -0.1) is 12.4 Å². The van der Waals surface area contributed by atoms with Crippen LogP contribution in [0.1, 0.15) is 6.42 Å². The largest absolute Gasteiger partial charge is 0.433 e. The molecule has 1 N–H and O–H groups in total. The van der Waals surface area contributed by atoms with Gasteiger partial charge in [-0.1, -0.05) is 12.1 Å². The second-order valence-corrected chi connectivity index (χ2v) is 7.82. The van der Waals surface area contributed by atoms with Gasteiger partial charge in [0.1, 0.15) is 10.6 Å². The fourth-order valence-corrected chi connectivity index (χ4v) is 4.88. The van der Waals surface area contributed by atoms with Crippen molar-refractivity contribution in [2.24, 2.45) is 0 Å². The predicted molar refractivity (Wildman–Crippen MR) is 91.9 cm³/mol. The number of benzene rings is 1. The maximum Gasteiger partial charge on any atom is 0.387 e. The number of sulfonamides is 1. The van der Waals surface area contributed by atoms with Crippen molar-refractivity contribution >= 4 is 22.4 Å². The van der Waals surface area contributed by atoms with Gasteiger partial charge < -0.3 is 10.1 Å². The van der Waals surface area contributed by atoms with Crippen LogP contribution in [0.4, 0.5) is 8.78 Å². The van der Waals surface area contributed by atoms with Crippen molar-refractivity contribution in [3.8, 4) is 5.75 Å². The zero-order valence-electron chi connectivity index (χ0n) is 13.6. The van der Waals surface area contributed by atoms with Crippen LogP contribution >= 0.6 is 12.4 Å². The third-order valence-corrected chi connectivity index (χ3v) is 6.38. The van der Waals surface area contributed by atoms with E-state index in [0.717, 1.165) is 32.6 Å². The number of piperazine rings is 1. The number of alkyl halides is 2. The Kier molecular flexibility index (Phi) is 6.98. The van der Waals surface area contributed by atoms with Crippen LogP contribution in [0.15, 0.2) is 29.2 Å². The summed E-state index contributed by atoms with van der Waals surface area (Å²) in [4.78, 5) is 2.08. The van der Waals surface area contributed by atoms with Gasteiger partial charge in [-0.3, -0.25) is 4.90 Å². The molecule has 0 aliphatic carbocycles. The maximum atomic E-state index is 12.8. The Labute approximate surface area is 152 Å². The molecule has 25 heavy (non-hydrogen) atoms. The molecule has 2 fully saturated rings. The highest BCUT2D eigenvalue weighted by Gasteiger charge is 2.37. The number of hydrogen-bond donors (Lipinski definition) is 1. The standard InChI is InChI=1S/C15H21F2N3O3S.ClH/c16-15(17)23-13-3-1-2-4-14(13)24(21,22)20-8-5-12(11-20)19-9-6-18-7-10-19;/h1-4,12,15,18H,5-11H2;1H. The number of halogens is 3. The number of nitrogens with one attached hydrogen (secondary N) is 1. The topological polar surface area (TPSA) is 61.9 Å². The lowest BCUT2D eigenvalue weighted by molar-refractivity contribution is -0.0517. The minimum Gasteiger partial charge on any atom is -0.433 e. The molecule has 1 unspecified atom stereocenters. The highest BCUT2D eigenvalue weighted by Crippen LogP contribution is 2.30. The van der Waals surface area contributed by atoms with Gasteiger partial charge in [-0.25, -0.2) is 8.42 Å². The molecule has 0 amide bonds. The van der Waals surface area contributed by atoms with Crippen LogP contribution < -0.4 is 10.1 Å². The Balaban J connectivity index is 0.00000225. The first kappa shape index (κ1) is 20.3. The van der Waals surface area contributed by atoms with Crippen molar-refractivity contribution in [2.75, 3.05) is 39.3 Å². The van der Waals surface area contributed by atoms with E-state index in [0.29, 0.717) is 13.1 Å². The number of hydrogen-bond acceptors (Lipinski definition) is 5. The van der Waals surface area contributed by atoms with Crippen LogP contribution in [0.2, 0.25) is 0 Å². The van der Waals surface area contributed by atoms with Crippen LogP contribution in [-0.4, -0.2) is 69.5 Å². The Morgan fingerprint density at radius 1 is 1.16 bits per heavy atom. The quantitative estimate of drug-likeness (QED) is 0.813. The van der Waals surface area contributed by atoms with Gasteiger partial charge in [0.2, 0.25) is 10.0 Å². The van der Waals surface area contributed by atoms with Crippen molar-refractivity contribution < 1.29 is 21.9 Å². The zero-order valence-corrected chi connectivity index (χ0v) is 15.2. The summed E-state index contributed by atoms with van der Waals surface area (Å²) in [5, 5.41) is 3.27. The third kappa shape index (κ3) is 4.59. The van der Waals surface area contributed by atoms with Crippen molar-refractivity contribution in [3.63, 3.8) is 0 Å². The average molecular weight is 398 g/mol. The monoisotopic (exact) mass is 397 g/mol. The van der Waals surface area contributed by atoms with Crippen molar-refractivity contribution in [2.45, 2.75) is 24.0 Å². The fourth-order valence-electron chi connectivity index (χ4n) is 3.27. The Hall–Kier alpha value is -1.00. The first-order chi connectivity index (χ1) is 11.5. The van der Waals surface area contributed by atoms with Gasteiger partial charge in [0, 0.05) is 45.3 Å². The number of rotatable bonds is 5. The van der Waals surface area contributed by atoms with E-state index in [1.807, 2.05) is 0 Å². The molecule has 0 radical (unpaired) electrons. The fraction of sp³-hybridized carbons (Fsp3) is 0.600. The summed E-state index contributed by atoms with van der Waals surface area (Å²) >= 11 is 0. The Bertz CT molecular complexity index is 672. The zero-order chi connectivity index (χ0) is 17.2. The Morgan fingerprint density at radius 2 is 1.84 bits per heavy atom.